The van der Waals surface area contributed by atoms with Crippen molar-refractivity contribution in [3.05, 3.63) is 34.8 Å². The highest BCUT2D eigenvalue weighted by Gasteiger charge is 2.16. The molecule has 0 aliphatic carbocycles. The SMILES string of the molecule is COc1c(N)cccc1C(=O)Nc1nc(C(C)C)cs1. The molecule has 0 bridgehead atoms. The average Bonchev–Trinajstić information content (AvgIpc) is 2.87. The van der Waals surface area contributed by atoms with Crippen LogP contribution in [-0.2, 0) is 0 Å². The van der Waals surface area contributed by atoms with Gasteiger partial charge in [-0.2, -0.15) is 0 Å². The number of amides is 1. The number of carbonyl (C=O) groups is 1. The summed E-state index contributed by atoms with van der Waals surface area (Å²) in [7, 11) is 1.49. The number of carbonyl (C=O) groups excluding carboxylic acids is 1. The molecule has 1 aromatic carbocycles. The van der Waals surface area contributed by atoms with E-state index in [2.05, 4.69) is 24.1 Å². The molecule has 1 aromatic heterocycles. The number of methoxy groups -OCH3 is 1. The second-order valence-electron chi connectivity index (χ2n) is 4.61. The lowest BCUT2D eigenvalue weighted by Gasteiger charge is -2.10. The van der Waals surface area contributed by atoms with Crippen LogP contribution in [0.2, 0.25) is 0 Å². The maximum atomic E-state index is 12.2. The first kappa shape index (κ1) is 14.3. The lowest BCUT2D eigenvalue weighted by molar-refractivity contribution is 0.102. The van der Waals surface area contributed by atoms with E-state index in [-0.39, 0.29) is 5.91 Å². The first-order chi connectivity index (χ1) is 9.52. The first-order valence-electron chi connectivity index (χ1n) is 6.22. The predicted molar refractivity (Wildman–Crippen MR) is 81.6 cm³/mol. The highest BCUT2D eigenvalue weighted by Crippen LogP contribution is 2.27. The van der Waals surface area contributed by atoms with Crippen LogP contribution in [0.4, 0.5) is 10.8 Å². The summed E-state index contributed by atoms with van der Waals surface area (Å²) in [6, 6.07) is 5.07. The van der Waals surface area contributed by atoms with Gasteiger partial charge in [0.25, 0.3) is 5.91 Å². The molecule has 0 radical (unpaired) electrons. The fraction of sp³-hybridized carbons (Fsp3) is 0.286. The van der Waals surface area contributed by atoms with Gasteiger partial charge in [-0.3, -0.25) is 10.1 Å². The lowest BCUT2D eigenvalue weighted by atomic mass is 10.1. The monoisotopic (exact) mass is 291 g/mol. The minimum Gasteiger partial charge on any atom is -0.494 e. The molecule has 2 rings (SSSR count). The normalized spacial score (nSPS) is 10.6. The molecule has 0 saturated heterocycles. The van der Waals surface area contributed by atoms with Crippen molar-refractivity contribution in [2.75, 3.05) is 18.2 Å². The summed E-state index contributed by atoms with van der Waals surface area (Å²) in [5.74, 6) is 0.434. The van der Waals surface area contributed by atoms with Crippen LogP contribution in [0.5, 0.6) is 5.75 Å². The van der Waals surface area contributed by atoms with Gasteiger partial charge in [-0.15, -0.1) is 11.3 Å². The molecule has 1 amide bonds. The van der Waals surface area contributed by atoms with Gasteiger partial charge in [0.1, 0.15) is 0 Å². The third-order valence-corrected chi connectivity index (χ3v) is 3.60. The standard InChI is InChI=1S/C14H17N3O2S/c1-8(2)11-7-20-14(16-11)17-13(18)9-5-4-6-10(15)12(9)19-3/h4-8H,15H2,1-3H3,(H,16,17,18). The van der Waals surface area contributed by atoms with Crippen molar-refractivity contribution in [3.8, 4) is 5.75 Å². The van der Waals surface area contributed by atoms with Crippen molar-refractivity contribution in [3.63, 3.8) is 0 Å². The molecule has 2 aromatic rings. The van der Waals surface area contributed by atoms with Crippen LogP contribution in [0.3, 0.4) is 0 Å². The van der Waals surface area contributed by atoms with Crippen LogP contribution in [0.15, 0.2) is 23.6 Å². The van der Waals surface area contributed by atoms with E-state index in [0.717, 1.165) is 5.69 Å². The van der Waals surface area contributed by atoms with E-state index in [4.69, 9.17) is 10.5 Å². The van der Waals surface area contributed by atoms with Crippen LogP contribution < -0.4 is 15.8 Å². The maximum Gasteiger partial charge on any atom is 0.261 e. The number of rotatable bonds is 4. The van der Waals surface area contributed by atoms with E-state index in [1.807, 2.05) is 5.38 Å². The zero-order valence-electron chi connectivity index (χ0n) is 11.6. The summed E-state index contributed by atoms with van der Waals surface area (Å²) in [6.45, 7) is 4.11. The van der Waals surface area contributed by atoms with E-state index in [1.54, 1.807) is 18.2 Å². The molecule has 0 aliphatic rings. The number of ether oxygens (including phenoxy) is 1. The fourth-order valence-electron chi connectivity index (χ4n) is 1.73. The van der Waals surface area contributed by atoms with Crippen molar-refractivity contribution in [1.82, 2.24) is 4.98 Å². The Labute approximate surface area is 121 Å². The molecule has 0 atom stereocenters. The van der Waals surface area contributed by atoms with Gasteiger partial charge < -0.3 is 10.5 Å². The predicted octanol–water partition coefficient (Wildman–Crippen LogP) is 3.11. The molecular weight excluding hydrogens is 274 g/mol. The quantitative estimate of drug-likeness (QED) is 0.848. The summed E-state index contributed by atoms with van der Waals surface area (Å²) in [4.78, 5) is 16.6. The van der Waals surface area contributed by atoms with Gasteiger partial charge in [-0.05, 0) is 18.1 Å². The molecule has 0 spiro atoms. The number of nitrogens with zero attached hydrogens (tertiary/aromatic N) is 1. The Morgan fingerprint density at radius 1 is 1.45 bits per heavy atom. The topological polar surface area (TPSA) is 77.2 Å². The number of aromatic nitrogens is 1. The van der Waals surface area contributed by atoms with Gasteiger partial charge in [-0.1, -0.05) is 19.9 Å². The molecule has 1 heterocycles. The number of benzene rings is 1. The Hall–Kier alpha value is -2.08. The van der Waals surface area contributed by atoms with Crippen LogP contribution in [0, 0.1) is 0 Å². The number of thiazole rings is 1. The molecule has 0 saturated carbocycles. The molecule has 0 unspecified atom stereocenters. The number of nitrogens with two attached hydrogens (primary N) is 1. The van der Waals surface area contributed by atoms with Crippen LogP contribution in [0.25, 0.3) is 0 Å². The number of para-hydroxylation sites is 1. The number of anilines is 2. The summed E-state index contributed by atoms with van der Waals surface area (Å²) in [6.07, 6.45) is 0. The molecule has 0 fully saturated rings. The highest BCUT2D eigenvalue weighted by atomic mass is 32.1. The first-order valence-corrected chi connectivity index (χ1v) is 7.10. The van der Waals surface area contributed by atoms with Gasteiger partial charge in [0.2, 0.25) is 0 Å². The molecule has 0 aliphatic heterocycles. The van der Waals surface area contributed by atoms with Gasteiger partial charge in [0.15, 0.2) is 10.9 Å². The zero-order valence-corrected chi connectivity index (χ0v) is 12.5. The Bertz CT molecular complexity index is 623. The van der Waals surface area contributed by atoms with Gasteiger partial charge >= 0.3 is 0 Å². The molecule has 106 valence electrons. The Balaban J connectivity index is 2.21. The number of nitrogen functional groups attached to an aromatic ring is 1. The second-order valence-corrected chi connectivity index (χ2v) is 5.47. The smallest absolute Gasteiger partial charge is 0.261 e. The molecular formula is C14H17N3O2S. The minimum atomic E-state index is -0.279. The third-order valence-electron chi connectivity index (χ3n) is 2.83. The van der Waals surface area contributed by atoms with Gasteiger partial charge in [-0.25, -0.2) is 4.98 Å². The van der Waals surface area contributed by atoms with Crippen LogP contribution in [0.1, 0.15) is 35.8 Å². The number of hydrogen-bond donors (Lipinski definition) is 2. The molecule has 5 nitrogen and oxygen atoms in total. The fourth-order valence-corrected chi connectivity index (χ4v) is 2.60. The van der Waals surface area contributed by atoms with Crippen LogP contribution >= 0.6 is 11.3 Å². The average molecular weight is 291 g/mol. The maximum absolute atomic E-state index is 12.2. The van der Waals surface area contributed by atoms with Crippen molar-refractivity contribution < 1.29 is 9.53 Å². The van der Waals surface area contributed by atoms with Crippen molar-refractivity contribution in [2.45, 2.75) is 19.8 Å². The van der Waals surface area contributed by atoms with Crippen LogP contribution in [-0.4, -0.2) is 18.0 Å². The molecule has 20 heavy (non-hydrogen) atoms. The number of hydrogen-bond acceptors (Lipinski definition) is 5. The van der Waals surface area contributed by atoms with Crippen molar-refractivity contribution in [2.24, 2.45) is 0 Å². The summed E-state index contributed by atoms with van der Waals surface area (Å²) >= 11 is 1.40. The summed E-state index contributed by atoms with van der Waals surface area (Å²) in [5, 5.41) is 5.28. The van der Waals surface area contributed by atoms with Crippen molar-refractivity contribution in [1.29, 1.82) is 0 Å². The third kappa shape index (κ3) is 2.91. The summed E-state index contributed by atoms with van der Waals surface area (Å²) in [5.41, 5.74) is 7.58. The second kappa shape index (κ2) is 5.92. The van der Waals surface area contributed by atoms with E-state index in [9.17, 15) is 4.79 Å². The minimum absolute atomic E-state index is 0.279. The van der Waals surface area contributed by atoms with E-state index in [0.29, 0.717) is 28.0 Å². The Morgan fingerprint density at radius 2 is 2.20 bits per heavy atom. The largest absolute Gasteiger partial charge is 0.494 e. The van der Waals surface area contributed by atoms with Crippen molar-refractivity contribution >= 4 is 28.1 Å². The van der Waals surface area contributed by atoms with E-state index in [1.165, 1.54) is 18.4 Å². The molecule has 6 heteroatoms. The van der Waals surface area contributed by atoms with Gasteiger partial charge in [0, 0.05) is 5.38 Å². The number of nitrogens with one attached hydrogen (secondary N) is 1. The van der Waals surface area contributed by atoms with E-state index >= 15 is 0 Å². The zero-order chi connectivity index (χ0) is 14.7. The van der Waals surface area contributed by atoms with Gasteiger partial charge in [0.05, 0.1) is 24.1 Å². The molecule has 3 N–H and O–H groups in total. The highest BCUT2D eigenvalue weighted by molar-refractivity contribution is 7.14. The lowest BCUT2D eigenvalue weighted by Crippen LogP contribution is -2.14. The van der Waals surface area contributed by atoms with E-state index < -0.39 is 0 Å². The Kier molecular flexibility index (Phi) is 4.24. The summed E-state index contributed by atoms with van der Waals surface area (Å²) < 4.78 is 5.18. The Morgan fingerprint density at radius 3 is 2.80 bits per heavy atom.